The molecule has 8 nitrogen and oxygen atoms in total. The highest BCUT2D eigenvalue weighted by atomic mass is 32.2. The summed E-state index contributed by atoms with van der Waals surface area (Å²) in [5.74, 6) is -0.733. The van der Waals surface area contributed by atoms with Crippen LogP contribution in [0.3, 0.4) is 0 Å². The summed E-state index contributed by atoms with van der Waals surface area (Å²) in [7, 11) is 3.41. The Hall–Kier alpha value is -3.93. The zero-order valence-corrected chi connectivity index (χ0v) is 21.9. The molecule has 2 aromatic carbocycles. The van der Waals surface area contributed by atoms with E-state index in [1.54, 1.807) is 43.3 Å². The lowest BCUT2D eigenvalue weighted by Gasteiger charge is -2.15. The topological polar surface area (TPSA) is 117 Å². The highest BCUT2D eigenvalue weighted by Crippen LogP contribution is 2.34. The van der Waals surface area contributed by atoms with Gasteiger partial charge < -0.3 is 20.5 Å². The highest BCUT2D eigenvalue weighted by Gasteiger charge is 2.29. The van der Waals surface area contributed by atoms with E-state index in [0.717, 1.165) is 17.7 Å². The number of anilines is 1. The molecule has 0 aromatic heterocycles. The number of alkyl halides is 3. The van der Waals surface area contributed by atoms with Crippen LogP contribution in [0.1, 0.15) is 35.3 Å². The molecule has 12 heteroatoms. The number of ether oxygens (including phenoxy) is 1. The molecule has 0 spiro atoms. The lowest BCUT2D eigenvalue weighted by atomic mass is 10.1. The number of hydrogen-bond donors (Lipinski definition) is 3. The minimum absolute atomic E-state index is 0.0570. The summed E-state index contributed by atoms with van der Waals surface area (Å²) < 4.78 is 43.0. The Balaban J connectivity index is 1.90. The van der Waals surface area contributed by atoms with Crippen LogP contribution in [0.5, 0.6) is 0 Å². The van der Waals surface area contributed by atoms with Gasteiger partial charge in [-0.15, -0.1) is 0 Å². The summed E-state index contributed by atoms with van der Waals surface area (Å²) in [5, 5.41) is 12.1. The molecule has 0 aliphatic heterocycles. The van der Waals surface area contributed by atoms with E-state index >= 15 is 0 Å². The minimum atomic E-state index is -4.43. The average molecular weight is 551 g/mol. The first-order valence-corrected chi connectivity index (χ1v) is 12.1. The van der Waals surface area contributed by atoms with Gasteiger partial charge in [-0.2, -0.15) is 13.2 Å². The number of aliphatic imine (C=N–C) groups is 1. The van der Waals surface area contributed by atoms with Crippen molar-refractivity contribution in [2.24, 2.45) is 10.7 Å². The Morgan fingerprint density at radius 3 is 2.32 bits per heavy atom. The summed E-state index contributed by atoms with van der Waals surface area (Å²) in [6.07, 6.45) is -4.05. The van der Waals surface area contributed by atoms with E-state index in [0.29, 0.717) is 27.7 Å². The number of benzene rings is 2. The van der Waals surface area contributed by atoms with Crippen LogP contribution in [-0.4, -0.2) is 42.4 Å². The second-order valence-electron chi connectivity index (χ2n) is 8.31. The van der Waals surface area contributed by atoms with Crippen molar-refractivity contribution in [2.45, 2.75) is 31.4 Å². The standard InChI is InChI=1S/C26H29F3N4O4S/c1-16(38-17(2)31-14-20(13-23(34)35)24(30)33(3)4)19-7-11-22(12-8-19)32-25(36)37-15-18-5-9-21(10-6-18)26(27,28)29/h5-12,14,16H,2,13,15,30H2,1,3-4H3,(H,32,36)(H,34,35)/b24-20+,31-14-. The van der Waals surface area contributed by atoms with Gasteiger partial charge in [0.25, 0.3) is 0 Å². The minimum Gasteiger partial charge on any atom is -0.481 e. The van der Waals surface area contributed by atoms with Crippen molar-refractivity contribution in [2.75, 3.05) is 19.4 Å². The molecule has 38 heavy (non-hydrogen) atoms. The Morgan fingerprint density at radius 1 is 1.18 bits per heavy atom. The summed E-state index contributed by atoms with van der Waals surface area (Å²) in [6.45, 7) is 5.67. The second-order valence-corrected chi connectivity index (χ2v) is 9.72. The van der Waals surface area contributed by atoms with Crippen LogP contribution >= 0.6 is 11.8 Å². The van der Waals surface area contributed by atoms with Gasteiger partial charge >= 0.3 is 18.2 Å². The third-order valence-corrected chi connectivity index (χ3v) is 6.11. The lowest BCUT2D eigenvalue weighted by Crippen LogP contribution is -2.22. The molecule has 0 bridgehead atoms. The molecule has 0 aliphatic rings. The second kappa shape index (κ2) is 13.6. The maximum atomic E-state index is 12.6. The molecule has 4 N–H and O–H groups in total. The molecule has 1 unspecified atom stereocenters. The number of aliphatic carboxylic acids is 1. The Bertz CT molecular complexity index is 1190. The van der Waals surface area contributed by atoms with Crippen molar-refractivity contribution in [1.29, 1.82) is 0 Å². The number of rotatable bonds is 11. The number of nitrogens with one attached hydrogen (secondary N) is 1. The first-order valence-electron chi connectivity index (χ1n) is 11.2. The average Bonchev–Trinajstić information content (AvgIpc) is 2.84. The number of amides is 1. The molecule has 2 rings (SSSR count). The van der Waals surface area contributed by atoms with E-state index in [4.69, 9.17) is 15.6 Å². The SMILES string of the molecule is C=C(/N=C\C(CC(=O)O)=C(/N)N(C)C)SC(C)c1ccc(NC(=O)OCc2ccc(C(F)(F)F)cc2)cc1. The first kappa shape index (κ1) is 30.3. The van der Waals surface area contributed by atoms with E-state index in [-0.39, 0.29) is 18.3 Å². The maximum absolute atomic E-state index is 12.6. The number of carboxylic acids is 1. The molecule has 0 fully saturated rings. The van der Waals surface area contributed by atoms with E-state index in [2.05, 4.69) is 16.9 Å². The maximum Gasteiger partial charge on any atom is 0.416 e. The summed E-state index contributed by atoms with van der Waals surface area (Å²) in [5.41, 5.74) is 7.34. The van der Waals surface area contributed by atoms with E-state index in [1.807, 2.05) is 6.92 Å². The van der Waals surface area contributed by atoms with Gasteiger partial charge in [0.2, 0.25) is 0 Å². The van der Waals surface area contributed by atoms with E-state index in [1.165, 1.54) is 30.1 Å². The van der Waals surface area contributed by atoms with Crippen molar-refractivity contribution >= 4 is 35.7 Å². The van der Waals surface area contributed by atoms with Gasteiger partial charge in [0.15, 0.2) is 0 Å². The quantitative estimate of drug-likeness (QED) is 0.294. The van der Waals surface area contributed by atoms with Crippen LogP contribution in [0, 0.1) is 0 Å². The number of carbonyl (C=O) groups is 2. The number of nitrogens with two attached hydrogens (primary N) is 1. The third kappa shape index (κ3) is 9.85. The Morgan fingerprint density at radius 2 is 1.79 bits per heavy atom. The third-order valence-electron chi connectivity index (χ3n) is 5.11. The molecule has 0 radical (unpaired) electrons. The fourth-order valence-electron chi connectivity index (χ4n) is 3.04. The fraction of sp³-hybridized carbons (Fsp3) is 0.269. The molecule has 204 valence electrons. The predicted octanol–water partition coefficient (Wildman–Crippen LogP) is 6.00. The van der Waals surface area contributed by atoms with E-state index in [9.17, 15) is 22.8 Å². The molecule has 0 saturated heterocycles. The summed E-state index contributed by atoms with van der Waals surface area (Å²) in [6, 6.07) is 11.3. The van der Waals surface area contributed by atoms with Gasteiger partial charge in [-0.25, -0.2) is 4.79 Å². The molecular weight excluding hydrogens is 521 g/mol. The van der Waals surface area contributed by atoms with Crippen molar-refractivity contribution in [3.8, 4) is 0 Å². The number of halogens is 3. The van der Waals surface area contributed by atoms with Gasteiger partial charge in [-0.05, 0) is 42.3 Å². The molecule has 2 aromatic rings. The van der Waals surface area contributed by atoms with Crippen molar-refractivity contribution in [1.82, 2.24) is 4.90 Å². The van der Waals surface area contributed by atoms with Crippen LogP contribution in [0.15, 0.2) is 76.5 Å². The van der Waals surface area contributed by atoms with Crippen LogP contribution in [0.4, 0.5) is 23.7 Å². The van der Waals surface area contributed by atoms with Crippen LogP contribution < -0.4 is 11.1 Å². The fourth-order valence-corrected chi connectivity index (χ4v) is 3.85. The highest BCUT2D eigenvalue weighted by molar-refractivity contribution is 8.03. The number of thioether (sulfide) groups is 1. The summed E-state index contributed by atoms with van der Waals surface area (Å²) in [4.78, 5) is 29.0. The Labute approximate surface area is 223 Å². The molecule has 1 amide bonds. The van der Waals surface area contributed by atoms with Crippen LogP contribution in [0.25, 0.3) is 0 Å². The largest absolute Gasteiger partial charge is 0.481 e. The number of hydrogen-bond acceptors (Lipinski definition) is 7. The smallest absolute Gasteiger partial charge is 0.416 e. The monoisotopic (exact) mass is 550 g/mol. The van der Waals surface area contributed by atoms with Gasteiger partial charge in [-0.3, -0.25) is 15.1 Å². The number of nitrogens with zero attached hydrogens (tertiary/aromatic N) is 2. The van der Waals surface area contributed by atoms with Crippen molar-refractivity contribution in [3.05, 3.63) is 88.2 Å². The molecular formula is C26H29F3N4O4S. The van der Waals surface area contributed by atoms with Crippen molar-refractivity contribution in [3.63, 3.8) is 0 Å². The lowest BCUT2D eigenvalue weighted by molar-refractivity contribution is -0.138. The zero-order chi connectivity index (χ0) is 28.5. The predicted molar refractivity (Wildman–Crippen MR) is 142 cm³/mol. The van der Waals surface area contributed by atoms with Gasteiger partial charge in [-0.1, -0.05) is 42.6 Å². The molecule has 0 saturated carbocycles. The van der Waals surface area contributed by atoms with Gasteiger partial charge in [0.1, 0.15) is 12.4 Å². The van der Waals surface area contributed by atoms with Gasteiger partial charge in [0.05, 0.1) is 17.0 Å². The van der Waals surface area contributed by atoms with E-state index < -0.39 is 23.8 Å². The normalized spacial score (nSPS) is 13.0. The number of carboxylic acid groups (broad SMARTS) is 1. The summed E-state index contributed by atoms with van der Waals surface area (Å²) >= 11 is 1.36. The van der Waals surface area contributed by atoms with Gasteiger partial charge in [0, 0.05) is 36.8 Å². The molecule has 0 heterocycles. The Kier molecular flexibility index (Phi) is 10.8. The number of carbonyl (C=O) groups excluding carboxylic acids is 1. The zero-order valence-electron chi connectivity index (χ0n) is 21.1. The van der Waals surface area contributed by atoms with Crippen LogP contribution in [0.2, 0.25) is 0 Å². The van der Waals surface area contributed by atoms with Crippen LogP contribution in [-0.2, 0) is 22.3 Å². The molecule has 1 atom stereocenters. The van der Waals surface area contributed by atoms with Crippen molar-refractivity contribution < 1.29 is 32.6 Å². The first-order chi connectivity index (χ1) is 17.8. The molecule has 0 aliphatic carbocycles.